The zero-order valence-corrected chi connectivity index (χ0v) is 30.9. The fourth-order valence-corrected chi connectivity index (χ4v) is 9.07. The summed E-state index contributed by atoms with van der Waals surface area (Å²) in [6.07, 6.45) is 0. The third-order valence-electron chi connectivity index (χ3n) is 11.7. The molecule has 57 heavy (non-hydrogen) atoms. The van der Waals surface area contributed by atoms with Crippen LogP contribution in [0, 0.1) is 0 Å². The molecule has 12 aromatic rings. The molecule has 0 bridgehead atoms. The number of rotatable bonds is 5. The van der Waals surface area contributed by atoms with Crippen LogP contribution < -0.4 is 0 Å². The summed E-state index contributed by atoms with van der Waals surface area (Å²) in [4.78, 5) is 0. The Labute approximate surface area is 328 Å². The van der Waals surface area contributed by atoms with Gasteiger partial charge in [-0.1, -0.05) is 152 Å². The minimum absolute atomic E-state index is 0.895. The molecule has 0 saturated heterocycles. The van der Waals surface area contributed by atoms with E-state index in [9.17, 15) is 0 Å². The molecule has 9 aromatic carbocycles. The summed E-state index contributed by atoms with van der Waals surface area (Å²) in [6, 6.07) is 74.5. The third kappa shape index (κ3) is 4.92. The van der Waals surface area contributed by atoms with Crippen molar-refractivity contribution in [2.75, 3.05) is 0 Å². The molecule has 0 amide bonds. The second-order valence-corrected chi connectivity index (χ2v) is 14.9. The minimum atomic E-state index is 0.895. The molecule has 0 fully saturated rings. The van der Waals surface area contributed by atoms with Gasteiger partial charge in [0.05, 0.1) is 22.1 Å². The molecule has 3 nitrogen and oxygen atoms in total. The predicted molar refractivity (Wildman–Crippen MR) is 239 cm³/mol. The van der Waals surface area contributed by atoms with Crippen LogP contribution in [0.2, 0.25) is 0 Å². The highest BCUT2D eigenvalue weighted by Gasteiger charge is 2.21. The van der Waals surface area contributed by atoms with Gasteiger partial charge in [0.2, 0.25) is 0 Å². The van der Waals surface area contributed by atoms with Gasteiger partial charge in [0.15, 0.2) is 0 Å². The van der Waals surface area contributed by atoms with Gasteiger partial charge in [0, 0.05) is 49.3 Å². The molecule has 3 aromatic heterocycles. The first-order valence-corrected chi connectivity index (χ1v) is 19.5. The summed E-state index contributed by atoms with van der Waals surface area (Å²) in [5, 5.41) is 7.11. The third-order valence-corrected chi connectivity index (χ3v) is 11.7. The molecule has 3 heterocycles. The van der Waals surface area contributed by atoms with Crippen molar-refractivity contribution < 1.29 is 4.42 Å². The molecule has 12 rings (SSSR count). The first-order valence-electron chi connectivity index (χ1n) is 19.5. The lowest BCUT2D eigenvalue weighted by Gasteiger charge is -2.12. The van der Waals surface area contributed by atoms with Crippen LogP contribution in [0.25, 0.3) is 110 Å². The van der Waals surface area contributed by atoms with Gasteiger partial charge < -0.3 is 13.6 Å². The van der Waals surface area contributed by atoms with Gasteiger partial charge in [0.25, 0.3) is 0 Å². The first kappa shape index (κ1) is 31.7. The van der Waals surface area contributed by atoms with E-state index < -0.39 is 0 Å². The van der Waals surface area contributed by atoms with Crippen LogP contribution in [0.5, 0.6) is 0 Å². The molecule has 0 aliphatic carbocycles. The van der Waals surface area contributed by atoms with E-state index in [0.717, 1.165) is 44.4 Å². The van der Waals surface area contributed by atoms with Gasteiger partial charge >= 0.3 is 0 Å². The summed E-state index contributed by atoms with van der Waals surface area (Å²) >= 11 is 0. The van der Waals surface area contributed by atoms with E-state index in [0.29, 0.717) is 0 Å². The molecule has 0 unspecified atom stereocenters. The molecule has 0 spiro atoms. The van der Waals surface area contributed by atoms with Crippen molar-refractivity contribution in [3.63, 3.8) is 0 Å². The zero-order valence-electron chi connectivity index (χ0n) is 30.9. The Morgan fingerprint density at radius 2 is 0.789 bits per heavy atom. The maximum Gasteiger partial charge on any atom is 0.143 e. The molecule has 0 aliphatic heterocycles. The number of furan rings is 1. The fourth-order valence-electron chi connectivity index (χ4n) is 9.07. The molecule has 3 heteroatoms. The van der Waals surface area contributed by atoms with E-state index >= 15 is 0 Å². The second kappa shape index (κ2) is 12.5. The number of hydrogen-bond acceptors (Lipinski definition) is 1. The standard InChI is InChI=1S/C54H34N2O/c1-3-14-35(15-4-1)36-26-28-37(29-27-36)39-18-13-19-40(30-39)55-49-23-10-7-20-42(49)46-34-52-47(33-51(46)55)43-21-8-11-24-50(43)56(52)41-31-45(38-16-5-2-6-17-38)54-48(32-41)44-22-9-12-25-53(44)57-54/h1-34H. The van der Waals surface area contributed by atoms with Crippen LogP contribution in [0.15, 0.2) is 211 Å². The van der Waals surface area contributed by atoms with Crippen molar-refractivity contribution in [3.05, 3.63) is 206 Å². The largest absolute Gasteiger partial charge is 0.455 e. The lowest BCUT2D eigenvalue weighted by Crippen LogP contribution is -1.96. The average Bonchev–Trinajstić information content (AvgIpc) is 3.93. The quantitative estimate of drug-likeness (QED) is 0.173. The Balaban J connectivity index is 1.09. The summed E-state index contributed by atoms with van der Waals surface area (Å²) in [5.74, 6) is 0. The summed E-state index contributed by atoms with van der Waals surface area (Å²) < 4.78 is 11.5. The topological polar surface area (TPSA) is 23.0 Å². The van der Waals surface area contributed by atoms with Crippen molar-refractivity contribution in [2.24, 2.45) is 0 Å². The van der Waals surface area contributed by atoms with Gasteiger partial charge in [0.1, 0.15) is 11.2 Å². The average molecular weight is 727 g/mol. The van der Waals surface area contributed by atoms with E-state index in [1.165, 1.54) is 65.9 Å². The van der Waals surface area contributed by atoms with E-state index in [2.05, 4.69) is 209 Å². The van der Waals surface area contributed by atoms with Gasteiger partial charge in [-0.05, 0) is 82.4 Å². The number of fused-ring (bicyclic) bond motifs is 9. The van der Waals surface area contributed by atoms with Gasteiger partial charge in [-0.15, -0.1) is 0 Å². The Kier molecular flexibility index (Phi) is 6.93. The maximum atomic E-state index is 6.58. The first-order chi connectivity index (χ1) is 28.3. The molecule has 0 N–H and O–H groups in total. The molecule has 0 saturated carbocycles. The van der Waals surface area contributed by atoms with Crippen LogP contribution in [0.1, 0.15) is 0 Å². The van der Waals surface area contributed by atoms with Crippen molar-refractivity contribution in [1.29, 1.82) is 0 Å². The van der Waals surface area contributed by atoms with Gasteiger partial charge in [-0.25, -0.2) is 0 Å². The number of para-hydroxylation sites is 3. The van der Waals surface area contributed by atoms with Crippen LogP contribution in [-0.4, -0.2) is 9.13 Å². The van der Waals surface area contributed by atoms with Crippen molar-refractivity contribution in [2.45, 2.75) is 0 Å². The van der Waals surface area contributed by atoms with E-state index in [4.69, 9.17) is 4.42 Å². The van der Waals surface area contributed by atoms with Crippen molar-refractivity contribution >= 4 is 65.6 Å². The Bertz CT molecular complexity index is 3490. The number of nitrogens with zero attached hydrogens (tertiary/aromatic N) is 2. The minimum Gasteiger partial charge on any atom is -0.455 e. The Hall–Kier alpha value is -7.62. The number of aromatic nitrogens is 2. The molecule has 0 aliphatic rings. The monoisotopic (exact) mass is 726 g/mol. The van der Waals surface area contributed by atoms with E-state index in [1.54, 1.807) is 0 Å². The summed E-state index contributed by atoms with van der Waals surface area (Å²) in [6.45, 7) is 0. The fraction of sp³-hybridized carbons (Fsp3) is 0. The molecule has 266 valence electrons. The smallest absolute Gasteiger partial charge is 0.143 e. The molecular weight excluding hydrogens is 693 g/mol. The predicted octanol–water partition coefficient (Wildman–Crippen LogP) is 14.8. The molecule has 0 radical (unpaired) electrons. The van der Waals surface area contributed by atoms with Crippen LogP contribution in [-0.2, 0) is 0 Å². The summed E-state index contributed by atoms with van der Waals surface area (Å²) in [7, 11) is 0. The summed E-state index contributed by atoms with van der Waals surface area (Å²) in [5.41, 5.74) is 15.8. The normalized spacial score (nSPS) is 11.9. The SMILES string of the molecule is c1ccc(-c2ccc(-c3cccc(-n4c5ccccc5c5cc6c(cc54)c4ccccc4n6-c4cc(-c5ccccc5)c5oc6ccccc6c5c4)c3)cc2)cc1. The van der Waals surface area contributed by atoms with Crippen LogP contribution in [0.3, 0.4) is 0 Å². The van der Waals surface area contributed by atoms with Crippen LogP contribution in [0.4, 0.5) is 0 Å². The lowest BCUT2D eigenvalue weighted by molar-refractivity contribution is 0.670. The highest BCUT2D eigenvalue weighted by atomic mass is 16.3. The number of hydrogen-bond donors (Lipinski definition) is 0. The second-order valence-electron chi connectivity index (χ2n) is 14.9. The lowest BCUT2D eigenvalue weighted by atomic mass is 10.00. The van der Waals surface area contributed by atoms with Gasteiger partial charge in [-0.3, -0.25) is 0 Å². The number of benzene rings is 9. The van der Waals surface area contributed by atoms with E-state index in [1.807, 2.05) is 6.07 Å². The highest BCUT2D eigenvalue weighted by Crippen LogP contribution is 2.43. The zero-order chi connectivity index (χ0) is 37.5. The van der Waals surface area contributed by atoms with Gasteiger partial charge in [-0.2, -0.15) is 0 Å². The highest BCUT2D eigenvalue weighted by molar-refractivity contribution is 6.19. The van der Waals surface area contributed by atoms with E-state index in [-0.39, 0.29) is 0 Å². The van der Waals surface area contributed by atoms with Crippen molar-refractivity contribution in [3.8, 4) is 44.8 Å². The van der Waals surface area contributed by atoms with Crippen LogP contribution >= 0.6 is 0 Å². The van der Waals surface area contributed by atoms with Crippen molar-refractivity contribution in [1.82, 2.24) is 9.13 Å². The molecular formula is C54H34N2O. The molecule has 0 atom stereocenters. The Morgan fingerprint density at radius 3 is 1.46 bits per heavy atom. The Morgan fingerprint density at radius 1 is 0.281 bits per heavy atom. The maximum absolute atomic E-state index is 6.58.